The third kappa shape index (κ3) is 7.20. The molecular weight excluding hydrogens is 241 g/mol. The van der Waals surface area contributed by atoms with Crippen LogP contribution in [0.25, 0.3) is 0 Å². The number of para-hydroxylation sites is 1. The van der Waals surface area contributed by atoms with Crippen LogP contribution in [-0.2, 0) is 6.18 Å². The zero-order valence-electron chi connectivity index (χ0n) is 10.6. The molecule has 0 radical (unpaired) electrons. The Kier molecular flexibility index (Phi) is 9.40. The molecule has 1 nitrogen and oxygen atoms in total. The van der Waals surface area contributed by atoms with Gasteiger partial charge in [0.15, 0.2) is 0 Å². The minimum Gasteiger partial charge on any atom is -0.496 e. The lowest BCUT2D eigenvalue weighted by Crippen LogP contribution is -2.06. The number of methoxy groups -OCH3 is 1. The molecule has 0 saturated heterocycles. The summed E-state index contributed by atoms with van der Waals surface area (Å²) in [6.07, 6.45) is -3.04. The molecule has 0 amide bonds. The van der Waals surface area contributed by atoms with E-state index in [-0.39, 0.29) is 13.2 Å². The molecule has 106 valence electrons. The molecule has 18 heavy (non-hydrogen) atoms. The SMILES string of the molecule is C.CCC(C)C.COc1ccccc1C(F)(F)F. The molecule has 0 heterocycles. The topological polar surface area (TPSA) is 9.23 Å². The van der Waals surface area contributed by atoms with Crippen LogP contribution in [-0.4, -0.2) is 7.11 Å². The van der Waals surface area contributed by atoms with Crippen LogP contribution in [0.15, 0.2) is 24.3 Å². The Balaban J connectivity index is 0. The number of alkyl halides is 3. The van der Waals surface area contributed by atoms with Crippen LogP contribution in [0, 0.1) is 5.92 Å². The fourth-order valence-electron chi connectivity index (χ4n) is 0.879. The van der Waals surface area contributed by atoms with Crippen molar-refractivity contribution >= 4 is 0 Å². The van der Waals surface area contributed by atoms with E-state index >= 15 is 0 Å². The molecule has 0 aliphatic heterocycles. The van der Waals surface area contributed by atoms with Gasteiger partial charge in [0.25, 0.3) is 0 Å². The quantitative estimate of drug-likeness (QED) is 0.694. The normalized spacial score (nSPS) is 10.2. The van der Waals surface area contributed by atoms with Crippen molar-refractivity contribution in [2.75, 3.05) is 7.11 Å². The van der Waals surface area contributed by atoms with Gasteiger partial charge in [-0.15, -0.1) is 0 Å². The Morgan fingerprint density at radius 1 is 1.17 bits per heavy atom. The van der Waals surface area contributed by atoms with Crippen LogP contribution in [0.5, 0.6) is 5.75 Å². The van der Waals surface area contributed by atoms with Crippen LogP contribution in [0.2, 0.25) is 0 Å². The molecule has 0 aliphatic rings. The molecule has 0 unspecified atom stereocenters. The number of ether oxygens (including phenoxy) is 1. The Morgan fingerprint density at radius 2 is 1.61 bits per heavy atom. The van der Waals surface area contributed by atoms with Gasteiger partial charge in [-0.05, 0) is 18.1 Å². The van der Waals surface area contributed by atoms with Crippen LogP contribution in [0.3, 0.4) is 0 Å². The van der Waals surface area contributed by atoms with E-state index in [9.17, 15) is 13.2 Å². The first-order valence-electron chi connectivity index (χ1n) is 5.53. The Bertz CT molecular complexity index is 319. The van der Waals surface area contributed by atoms with E-state index in [1.807, 2.05) is 0 Å². The van der Waals surface area contributed by atoms with Crippen molar-refractivity contribution in [3.05, 3.63) is 29.8 Å². The second kappa shape index (κ2) is 8.84. The summed E-state index contributed by atoms with van der Waals surface area (Å²) in [4.78, 5) is 0. The Morgan fingerprint density at radius 3 is 1.89 bits per heavy atom. The second-order valence-electron chi connectivity index (χ2n) is 4.00. The zero-order chi connectivity index (χ0) is 13.5. The predicted molar refractivity (Wildman–Crippen MR) is 69.9 cm³/mol. The van der Waals surface area contributed by atoms with Crippen molar-refractivity contribution in [1.29, 1.82) is 0 Å². The van der Waals surface area contributed by atoms with Gasteiger partial charge in [0.05, 0.1) is 12.7 Å². The van der Waals surface area contributed by atoms with Crippen molar-refractivity contribution in [3.8, 4) is 5.75 Å². The molecule has 0 aromatic heterocycles. The third-order valence-electron chi connectivity index (χ3n) is 2.23. The van der Waals surface area contributed by atoms with Gasteiger partial charge >= 0.3 is 6.18 Å². The highest BCUT2D eigenvalue weighted by Gasteiger charge is 2.33. The average molecular weight is 264 g/mol. The van der Waals surface area contributed by atoms with Crippen molar-refractivity contribution < 1.29 is 17.9 Å². The fourth-order valence-corrected chi connectivity index (χ4v) is 0.879. The lowest BCUT2D eigenvalue weighted by Gasteiger charge is -2.10. The van der Waals surface area contributed by atoms with Crippen molar-refractivity contribution in [2.24, 2.45) is 5.92 Å². The number of benzene rings is 1. The molecule has 0 aliphatic carbocycles. The monoisotopic (exact) mass is 264 g/mol. The summed E-state index contributed by atoms with van der Waals surface area (Å²) in [7, 11) is 1.21. The number of halogens is 3. The van der Waals surface area contributed by atoms with Gasteiger partial charge in [-0.25, -0.2) is 0 Å². The van der Waals surface area contributed by atoms with Gasteiger partial charge in [-0.1, -0.05) is 46.8 Å². The lowest BCUT2D eigenvalue weighted by atomic mass is 10.2. The first-order chi connectivity index (χ1) is 7.82. The highest BCUT2D eigenvalue weighted by Crippen LogP contribution is 2.35. The van der Waals surface area contributed by atoms with Gasteiger partial charge in [-0.3, -0.25) is 0 Å². The Labute approximate surface area is 108 Å². The van der Waals surface area contributed by atoms with E-state index in [0.29, 0.717) is 0 Å². The largest absolute Gasteiger partial charge is 0.496 e. The summed E-state index contributed by atoms with van der Waals surface area (Å²) >= 11 is 0. The minimum atomic E-state index is -4.34. The van der Waals surface area contributed by atoms with Crippen molar-refractivity contribution in [1.82, 2.24) is 0 Å². The average Bonchev–Trinajstić information content (AvgIpc) is 2.28. The Hall–Kier alpha value is -1.19. The number of hydrogen-bond donors (Lipinski definition) is 0. The highest BCUT2D eigenvalue weighted by atomic mass is 19.4. The summed E-state index contributed by atoms with van der Waals surface area (Å²) in [5.74, 6) is 0.736. The second-order valence-corrected chi connectivity index (χ2v) is 4.00. The van der Waals surface area contributed by atoms with Crippen molar-refractivity contribution in [2.45, 2.75) is 40.8 Å². The molecule has 0 N–H and O–H groups in total. The highest BCUT2D eigenvalue weighted by molar-refractivity contribution is 5.35. The molecular formula is C14H23F3O. The third-order valence-corrected chi connectivity index (χ3v) is 2.23. The molecule has 0 atom stereocenters. The maximum atomic E-state index is 12.2. The van der Waals surface area contributed by atoms with Gasteiger partial charge in [0.2, 0.25) is 0 Å². The summed E-state index contributed by atoms with van der Waals surface area (Å²) in [6, 6.07) is 5.08. The lowest BCUT2D eigenvalue weighted by molar-refractivity contribution is -0.138. The van der Waals surface area contributed by atoms with Crippen LogP contribution < -0.4 is 4.74 Å². The van der Waals surface area contributed by atoms with E-state index in [1.54, 1.807) is 0 Å². The van der Waals surface area contributed by atoms with Crippen molar-refractivity contribution in [3.63, 3.8) is 0 Å². The minimum absolute atomic E-state index is 0. The van der Waals surface area contributed by atoms with E-state index in [0.717, 1.165) is 12.0 Å². The molecule has 1 rings (SSSR count). The first-order valence-corrected chi connectivity index (χ1v) is 5.53. The summed E-state index contributed by atoms with van der Waals surface area (Å²) in [5, 5.41) is 0. The number of hydrogen-bond acceptors (Lipinski definition) is 1. The molecule has 1 aromatic carbocycles. The van der Waals surface area contributed by atoms with Crippen LogP contribution >= 0.6 is 0 Å². The van der Waals surface area contributed by atoms with Gasteiger partial charge < -0.3 is 4.74 Å². The fraction of sp³-hybridized carbons (Fsp3) is 0.571. The van der Waals surface area contributed by atoms with Gasteiger partial charge in [0, 0.05) is 0 Å². The van der Waals surface area contributed by atoms with Crippen LogP contribution in [0.4, 0.5) is 13.2 Å². The maximum Gasteiger partial charge on any atom is 0.419 e. The summed E-state index contributed by atoms with van der Waals surface area (Å²) < 4.78 is 41.0. The molecule has 0 spiro atoms. The molecule has 4 heteroatoms. The van der Waals surface area contributed by atoms with E-state index in [2.05, 4.69) is 25.5 Å². The summed E-state index contributed by atoms with van der Waals surface area (Å²) in [5.41, 5.74) is -0.743. The smallest absolute Gasteiger partial charge is 0.419 e. The first kappa shape index (κ1) is 19.2. The zero-order valence-corrected chi connectivity index (χ0v) is 10.6. The molecule has 0 fully saturated rings. The predicted octanol–water partition coefficient (Wildman–Crippen LogP) is 5.40. The molecule has 0 bridgehead atoms. The van der Waals surface area contributed by atoms with Crippen LogP contribution in [0.1, 0.15) is 40.2 Å². The van der Waals surface area contributed by atoms with E-state index in [4.69, 9.17) is 0 Å². The van der Waals surface area contributed by atoms with E-state index in [1.165, 1.54) is 31.7 Å². The molecule has 0 saturated carbocycles. The summed E-state index contributed by atoms with van der Waals surface area (Å²) in [6.45, 7) is 6.64. The van der Waals surface area contributed by atoms with Gasteiger partial charge in [-0.2, -0.15) is 13.2 Å². The van der Waals surface area contributed by atoms with E-state index < -0.39 is 11.7 Å². The molecule has 1 aromatic rings. The van der Waals surface area contributed by atoms with Gasteiger partial charge in [0.1, 0.15) is 5.75 Å². The standard InChI is InChI=1S/C8H7F3O.C5H12.CH4/c1-12-7-5-3-2-4-6(7)8(9,10)11;1-4-5(2)3;/h2-5H,1H3;5H,4H2,1-3H3;1H4. The number of rotatable bonds is 2. The maximum absolute atomic E-state index is 12.2.